The molecule has 1 aliphatic heterocycles. The maximum Gasteiger partial charge on any atom is 0.223 e. The van der Waals surface area contributed by atoms with E-state index in [1.165, 1.54) is 12.4 Å². The molecule has 1 aromatic heterocycles. The van der Waals surface area contributed by atoms with Gasteiger partial charge in [-0.3, -0.25) is 14.3 Å². The number of carbonyl (C=O) groups is 1. The number of hydrogen-bond donors (Lipinski definition) is 1. The van der Waals surface area contributed by atoms with Crippen molar-refractivity contribution in [2.45, 2.75) is 25.9 Å². The van der Waals surface area contributed by atoms with Crippen molar-refractivity contribution in [1.82, 2.24) is 25.0 Å². The maximum absolute atomic E-state index is 14.1. The molecule has 1 N–H and O–H groups in total. The highest BCUT2D eigenvalue weighted by atomic mass is 19.1. The van der Waals surface area contributed by atoms with Crippen LogP contribution < -0.4 is 5.32 Å². The molecule has 0 bridgehead atoms. The summed E-state index contributed by atoms with van der Waals surface area (Å²) in [6, 6.07) is 16.5. The zero-order chi connectivity index (χ0) is 20.1. The predicted molar refractivity (Wildman–Crippen MR) is 108 cm³/mol. The van der Waals surface area contributed by atoms with E-state index < -0.39 is 0 Å². The Kier molecular flexibility index (Phi) is 5.95. The summed E-state index contributed by atoms with van der Waals surface area (Å²) in [5, 5.41) is 11.2. The van der Waals surface area contributed by atoms with E-state index in [0.29, 0.717) is 24.6 Å². The topological polar surface area (TPSA) is 63.1 Å². The summed E-state index contributed by atoms with van der Waals surface area (Å²) in [7, 11) is 0. The number of benzene rings is 2. The molecule has 4 rings (SSSR count). The van der Waals surface area contributed by atoms with Crippen molar-refractivity contribution in [1.29, 1.82) is 0 Å². The van der Waals surface area contributed by atoms with Crippen molar-refractivity contribution in [3.8, 4) is 5.69 Å². The molecule has 0 radical (unpaired) electrons. The fourth-order valence-electron chi connectivity index (χ4n) is 3.70. The highest BCUT2D eigenvalue weighted by molar-refractivity contribution is 5.78. The number of aromatic nitrogens is 3. The van der Waals surface area contributed by atoms with E-state index in [2.05, 4.69) is 20.4 Å². The van der Waals surface area contributed by atoms with E-state index in [1.54, 1.807) is 22.8 Å². The van der Waals surface area contributed by atoms with Crippen molar-refractivity contribution in [3.63, 3.8) is 0 Å². The first kappa shape index (κ1) is 19.3. The molecule has 7 heteroatoms. The normalized spacial score (nSPS) is 15.3. The lowest BCUT2D eigenvalue weighted by Crippen LogP contribution is -2.40. The summed E-state index contributed by atoms with van der Waals surface area (Å²) in [6.07, 6.45) is 3.14. The minimum absolute atomic E-state index is 0.0272. The summed E-state index contributed by atoms with van der Waals surface area (Å²) in [4.78, 5) is 14.7. The van der Waals surface area contributed by atoms with Crippen LogP contribution in [0.1, 0.15) is 24.2 Å². The van der Waals surface area contributed by atoms with Crippen LogP contribution in [0.2, 0.25) is 0 Å². The molecule has 0 spiro atoms. The van der Waals surface area contributed by atoms with Crippen LogP contribution in [0.15, 0.2) is 60.9 Å². The average molecular weight is 393 g/mol. The molecule has 1 amide bonds. The van der Waals surface area contributed by atoms with Crippen molar-refractivity contribution >= 4 is 5.91 Å². The third-order valence-corrected chi connectivity index (χ3v) is 5.36. The fourth-order valence-corrected chi connectivity index (χ4v) is 3.70. The van der Waals surface area contributed by atoms with Gasteiger partial charge < -0.3 is 5.32 Å². The lowest BCUT2D eigenvalue weighted by atomic mass is 9.96. The van der Waals surface area contributed by atoms with Crippen molar-refractivity contribution in [3.05, 3.63) is 78.1 Å². The zero-order valence-corrected chi connectivity index (χ0v) is 16.2. The minimum Gasteiger partial charge on any atom is -0.352 e. The van der Waals surface area contributed by atoms with Gasteiger partial charge in [0, 0.05) is 12.5 Å². The number of nitrogens with one attached hydrogen (secondary N) is 1. The Hall–Kier alpha value is -3.06. The van der Waals surface area contributed by atoms with Gasteiger partial charge >= 0.3 is 0 Å². The van der Waals surface area contributed by atoms with Crippen LogP contribution in [0, 0.1) is 11.7 Å². The molecule has 0 aliphatic carbocycles. The Balaban J connectivity index is 1.30. The van der Waals surface area contributed by atoms with E-state index in [-0.39, 0.29) is 17.6 Å². The van der Waals surface area contributed by atoms with Crippen LogP contribution in [0.25, 0.3) is 5.69 Å². The highest BCUT2D eigenvalue weighted by Gasteiger charge is 2.26. The molecule has 1 fully saturated rings. The first-order valence-electron chi connectivity index (χ1n) is 9.88. The second-order valence-corrected chi connectivity index (χ2v) is 7.32. The molecule has 2 aromatic carbocycles. The molecule has 29 heavy (non-hydrogen) atoms. The summed E-state index contributed by atoms with van der Waals surface area (Å²) in [5.41, 5.74) is 1.55. The van der Waals surface area contributed by atoms with Crippen LogP contribution in [0.4, 0.5) is 4.39 Å². The van der Waals surface area contributed by atoms with Gasteiger partial charge in [-0.25, -0.2) is 4.39 Å². The molecule has 0 saturated carbocycles. The number of likely N-dealkylation sites (tertiary alicyclic amines) is 1. The number of rotatable bonds is 6. The Morgan fingerprint density at radius 3 is 2.55 bits per heavy atom. The minimum atomic E-state index is -0.303. The largest absolute Gasteiger partial charge is 0.352 e. The van der Waals surface area contributed by atoms with E-state index in [0.717, 1.165) is 31.5 Å². The van der Waals surface area contributed by atoms with Gasteiger partial charge in [-0.1, -0.05) is 42.5 Å². The van der Waals surface area contributed by atoms with Gasteiger partial charge in [0.05, 0.1) is 12.2 Å². The number of para-hydroxylation sites is 1. The first-order chi connectivity index (χ1) is 14.2. The van der Waals surface area contributed by atoms with Crippen LogP contribution in [-0.4, -0.2) is 38.7 Å². The second kappa shape index (κ2) is 8.96. The zero-order valence-electron chi connectivity index (χ0n) is 16.2. The average Bonchev–Trinajstić information content (AvgIpc) is 3.21. The van der Waals surface area contributed by atoms with Gasteiger partial charge in [0.1, 0.15) is 12.1 Å². The van der Waals surface area contributed by atoms with Gasteiger partial charge in [0.25, 0.3) is 0 Å². The van der Waals surface area contributed by atoms with Gasteiger partial charge in [-0.05, 0) is 43.6 Å². The van der Waals surface area contributed by atoms with Crippen LogP contribution in [-0.2, 0) is 17.9 Å². The lowest BCUT2D eigenvalue weighted by molar-refractivity contribution is -0.126. The fraction of sp³-hybridized carbons (Fsp3) is 0.318. The SMILES string of the molecule is O=C(NCc1ccccc1)C1CCN(Cc2nncn2-c2ccccc2F)CC1. The third kappa shape index (κ3) is 4.68. The monoisotopic (exact) mass is 393 g/mol. The van der Waals surface area contributed by atoms with Crippen LogP contribution >= 0.6 is 0 Å². The van der Waals surface area contributed by atoms with Gasteiger partial charge in [-0.2, -0.15) is 0 Å². The highest BCUT2D eigenvalue weighted by Crippen LogP contribution is 2.20. The van der Waals surface area contributed by atoms with Crippen LogP contribution in [0.5, 0.6) is 0 Å². The molecule has 1 saturated heterocycles. The van der Waals surface area contributed by atoms with Crippen LogP contribution in [0.3, 0.4) is 0 Å². The number of amides is 1. The Bertz CT molecular complexity index is 951. The number of carbonyl (C=O) groups excluding carboxylic acids is 1. The molecule has 150 valence electrons. The second-order valence-electron chi connectivity index (χ2n) is 7.32. The Labute approximate surface area is 169 Å². The van der Waals surface area contributed by atoms with Crippen molar-refractivity contribution in [2.75, 3.05) is 13.1 Å². The maximum atomic E-state index is 14.1. The van der Waals surface area contributed by atoms with E-state index in [4.69, 9.17) is 0 Å². The molecule has 0 atom stereocenters. The van der Waals surface area contributed by atoms with Gasteiger partial charge in [0.2, 0.25) is 5.91 Å². The quantitative estimate of drug-likeness (QED) is 0.700. The van der Waals surface area contributed by atoms with E-state index in [9.17, 15) is 9.18 Å². The van der Waals surface area contributed by atoms with E-state index in [1.807, 2.05) is 30.3 Å². The standard InChI is InChI=1S/C22H24FN5O/c23-19-8-4-5-9-20(19)28-16-25-26-21(28)15-27-12-10-18(11-13-27)22(29)24-14-17-6-2-1-3-7-17/h1-9,16,18H,10-15H2,(H,24,29). The predicted octanol–water partition coefficient (Wildman–Crippen LogP) is 2.93. The number of nitrogens with zero attached hydrogens (tertiary/aromatic N) is 4. The molecule has 1 aliphatic rings. The van der Waals surface area contributed by atoms with Gasteiger partial charge in [0.15, 0.2) is 5.82 Å². The summed E-state index contributed by atoms with van der Waals surface area (Å²) >= 11 is 0. The summed E-state index contributed by atoms with van der Waals surface area (Å²) in [5.74, 6) is 0.534. The number of halogens is 1. The smallest absolute Gasteiger partial charge is 0.223 e. The Morgan fingerprint density at radius 2 is 1.79 bits per heavy atom. The molecular weight excluding hydrogens is 369 g/mol. The summed E-state index contributed by atoms with van der Waals surface area (Å²) in [6.45, 7) is 2.74. The summed E-state index contributed by atoms with van der Waals surface area (Å²) < 4.78 is 15.8. The first-order valence-corrected chi connectivity index (χ1v) is 9.88. The molecule has 6 nitrogen and oxygen atoms in total. The third-order valence-electron chi connectivity index (χ3n) is 5.36. The van der Waals surface area contributed by atoms with Crippen molar-refractivity contribution in [2.24, 2.45) is 5.92 Å². The molecule has 2 heterocycles. The molecule has 3 aromatic rings. The van der Waals surface area contributed by atoms with E-state index >= 15 is 0 Å². The van der Waals surface area contributed by atoms with Crippen molar-refractivity contribution < 1.29 is 9.18 Å². The molecule has 0 unspecified atom stereocenters. The van der Waals surface area contributed by atoms with Gasteiger partial charge in [-0.15, -0.1) is 10.2 Å². The molecular formula is C22H24FN5O. The number of piperidine rings is 1. The lowest BCUT2D eigenvalue weighted by Gasteiger charge is -2.31. The Morgan fingerprint density at radius 1 is 1.07 bits per heavy atom. The number of hydrogen-bond acceptors (Lipinski definition) is 4.